The van der Waals surface area contributed by atoms with Gasteiger partial charge in [-0.3, -0.25) is 14.6 Å². The quantitative estimate of drug-likeness (QED) is 0.605. The average Bonchev–Trinajstić information content (AvgIpc) is 3.22. The third kappa shape index (κ3) is 4.84. The Balaban J connectivity index is 1.39. The fourth-order valence-corrected chi connectivity index (χ4v) is 4.30. The minimum absolute atomic E-state index is 0.0346. The van der Waals surface area contributed by atoms with Crippen molar-refractivity contribution in [1.82, 2.24) is 24.9 Å². The molecule has 0 spiro atoms. The Morgan fingerprint density at radius 2 is 2.13 bits per heavy atom. The Morgan fingerprint density at radius 1 is 1.30 bits per heavy atom. The number of aromatic nitrogens is 2. The molecule has 1 saturated heterocycles. The molecule has 0 saturated carbocycles. The zero-order chi connectivity index (χ0) is 20.9. The smallest absolute Gasteiger partial charge is 0.194 e. The fraction of sp³-hybridized carbons (Fsp3) is 0.565. The number of hydrogen-bond donors (Lipinski definition) is 1. The van der Waals surface area contributed by atoms with Gasteiger partial charge in [0.25, 0.3) is 0 Å². The number of ether oxygens (including phenoxy) is 1. The normalized spacial score (nSPS) is 21.4. The SMILES string of the molecule is CCNC(=NCC(C)N1CCc2ccccc2C1)N1CCOC(c2cnn(C)c2)C1. The van der Waals surface area contributed by atoms with Gasteiger partial charge in [0.2, 0.25) is 0 Å². The molecule has 4 rings (SSSR count). The second-order valence-electron chi connectivity index (χ2n) is 8.29. The molecule has 3 heterocycles. The van der Waals surface area contributed by atoms with Crippen molar-refractivity contribution in [3.63, 3.8) is 0 Å². The molecule has 2 atom stereocenters. The number of aliphatic imine (C=N–C) groups is 1. The summed E-state index contributed by atoms with van der Waals surface area (Å²) in [5.74, 6) is 0.985. The average molecular weight is 411 g/mol. The van der Waals surface area contributed by atoms with Gasteiger partial charge in [0.05, 0.1) is 25.9 Å². The van der Waals surface area contributed by atoms with E-state index in [1.165, 1.54) is 11.1 Å². The summed E-state index contributed by atoms with van der Waals surface area (Å²) in [6, 6.07) is 9.21. The zero-order valence-corrected chi connectivity index (χ0v) is 18.4. The van der Waals surface area contributed by atoms with Gasteiger partial charge in [-0.05, 0) is 31.4 Å². The first-order valence-electron chi connectivity index (χ1n) is 11.1. The molecule has 7 heteroatoms. The summed E-state index contributed by atoms with van der Waals surface area (Å²) < 4.78 is 7.83. The molecule has 7 nitrogen and oxygen atoms in total. The summed E-state index contributed by atoms with van der Waals surface area (Å²) in [6.45, 7) is 10.5. The van der Waals surface area contributed by atoms with E-state index in [-0.39, 0.29) is 6.10 Å². The lowest BCUT2D eigenvalue weighted by Gasteiger charge is -2.36. The van der Waals surface area contributed by atoms with Crippen LogP contribution in [0.2, 0.25) is 0 Å². The zero-order valence-electron chi connectivity index (χ0n) is 18.4. The molecular weight excluding hydrogens is 376 g/mol. The summed E-state index contributed by atoms with van der Waals surface area (Å²) in [4.78, 5) is 9.89. The number of nitrogens with zero attached hydrogens (tertiary/aromatic N) is 5. The molecular formula is C23H34N6O. The number of nitrogens with one attached hydrogen (secondary N) is 1. The largest absolute Gasteiger partial charge is 0.370 e. The lowest BCUT2D eigenvalue weighted by atomic mass is 9.99. The minimum Gasteiger partial charge on any atom is -0.370 e. The summed E-state index contributed by atoms with van der Waals surface area (Å²) in [5.41, 5.74) is 4.07. The fourth-order valence-electron chi connectivity index (χ4n) is 4.30. The van der Waals surface area contributed by atoms with E-state index < -0.39 is 0 Å². The molecule has 2 aliphatic rings. The third-order valence-electron chi connectivity index (χ3n) is 6.09. The van der Waals surface area contributed by atoms with E-state index in [0.717, 1.165) is 57.2 Å². The predicted molar refractivity (Wildman–Crippen MR) is 119 cm³/mol. The van der Waals surface area contributed by atoms with Crippen molar-refractivity contribution in [3.8, 4) is 0 Å². The number of rotatable bonds is 5. The highest BCUT2D eigenvalue weighted by Gasteiger charge is 2.26. The predicted octanol–water partition coefficient (Wildman–Crippen LogP) is 2.21. The standard InChI is InChI=1S/C23H34N6O/c1-4-24-23(29-11-12-30-22(17-29)21-14-26-27(3)15-21)25-13-18(2)28-10-9-19-7-5-6-8-20(19)16-28/h5-8,14-15,18,22H,4,9-13,16-17H2,1-3H3,(H,24,25). The number of guanidine groups is 1. The molecule has 2 unspecified atom stereocenters. The van der Waals surface area contributed by atoms with Gasteiger partial charge in [-0.25, -0.2) is 0 Å². The first kappa shape index (κ1) is 20.9. The van der Waals surface area contributed by atoms with Gasteiger partial charge in [0.1, 0.15) is 6.10 Å². The molecule has 1 fully saturated rings. The maximum Gasteiger partial charge on any atom is 0.194 e. The number of benzene rings is 1. The summed E-state index contributed by atoms with van der Waals surface area (Å²) in [6.07, 6.45) is 5.09. The molecule has 162 valence electrons. The molecule has 0 amide bonds. The van der Waals surface area contributed by atoms with Crippen LogP contribution >= 0.6 is 0 Å². The van der Waals surface area contributed by atoms with E-state index in [4.69, 9.17) is 9.73 Å². The van der Waals surface area contributed by atoms with Crippen LogP contribution in [0.25, 0.3) is 0 Å². The maximum atomic E-state index is 6.00. The van der Waals surface area contributed by atoms with E-state index in [9.17, 15) is 0 Å². The van der Waals surface area contributed by atoms with E-state index in [2.05, 4.69) is 58.3 Å². The number of aryl methyl sites for hydroxylation is 1. The maximum absolute atomic E-state index is 6.00. The van der Waals surface area contributed by atoms with Gasteiger partial charge in [-0.1, -0.05) is 24.3 Å². The van der Waals surface area contributed by atoms with Crippen LogP contribution in [-0.4, -0.2) is 70.9 Å². The Bertz CT molecular complexity index is 863. The molecule has 1 aromatic heterocycles. The monoisotopic (exact) mass is 410 g/mol. The molecule has 1 aromatic carbocycles. The second-order valence-corrected chi connectivity index (χ2v) is 8.29. The van der Waals surface area contributed by atoms with Crippen molar-refractivity contribution in [3.05, 3.63) is 53.3 Å². The van der Waals surface area contributed by atoms with Crippen LogP contribution in [0.3, 0.4) is 0 Å². The van der Waals surface area contributed by atoms with Crippen molar-refractivity contribution < 1.29 is 4.74 Å². The first-order valence-corrected chi connectivity index (χ1v) is 11.1. The van der Waals surface area contributed by atoms with E-state index in [1.807, 2.05) is 24.1 Å². The molecule has 2 aliphatic heterocycles. The number of fused-ring (bicyclic) bond motifs is 1. The molecule has 2 aromatic rings. The topological polar surface area (TPSA) is 57.9 Å². The van der Waals surface area contributed by atoms with Crippen LogP contribution in [0.15, 0.2) is 41.7 Å². The highest BCUT2D eigenvalue weighted by atomic mass is 16.5. The minimum atomic E-state index is 0.0346. The van der Waals surface area contributed by atoms with E-state index in [0.29, 0.717) is 12.6 Å². The molecule has 0 aliphatic carbocycles. The van der Waals surface area contributed by atoms with Crippen molar-refractivity contribution in [2.24, 2.45) is 12.0 Å². The summed E-state index contributed by atoms with van der Waals surface area (Å²) in [5, 5.41) is 7.78. The number of hydrogen-bond acceptors (Lipinski definition) is 4. The van der Waals surface area contributed by atoms with Crippen molar-refractivity contribution in [1.29, 1.82) is 0 Å². The third-order valence-corrected chi connectivity index (χ3v) is 6.09. The van der Waals surface area contributed by atoms with Gasteiger partial charge >= 0.3 is 0 Å². The van der Waals surface area contributed by atoms with Gasteiger partial charge in [0.15, 0.2) is 5.96 Å². The second kappa shape index (κ2) is 9.62. The molecule has 30 heavy (non-hydrogen) atoms. The highest BCUT2D eigenvalue weighted by molar-refractivity contribution is 5.80. The van der Waals surface area contributed by atoms with Crippen molar-refractivity contribution >= 4 is 5.96 Å². The Morgan fingerprint density at radius 3 is 2.90 bits per heavy atom. The van der Waals surface area contributed by atoms with Crippen LogP contribution in [0, 0.1) is 0 Å². The highest BCUT2D eigenvalue weighted by Crippen LogP contribution is 2.22. The number of morpholine rings is 1. The van der Waals surface area contributed by atoms with Gasteiger partial charge < -0.3 is 15.0 Å². The van der Waals surface area contributed by atoms with Gasteiger partial charge in [0, 0.05) is 51.0 Å². The van der Waals surface area contributed by atoms with Crippen molar-refractivity contribution in [2.75, 3.05) is 39.3 Å². The Hall–Kier alpha value is -2.38. The van der Waals surface area contributed by atoms with E-state index >= 15 is 0 Å². The van der Waals surface area contributed by atoms with Gasteiger partial charge in [-0.15, -0.1) is 0 Å². The van der Waals surface area contributed by atoms with Crippen LogP contribution in [0.5, 0.6) is 0 Å². The molecule has 1 N–H and O–H groups in total. The summed E-state index contributed by atoms with van der Waals surface area (Å²) >= 11 is 0. The van der Waals surface area contributed by atoms with Crippen LogP contribution < -0.4 is 5.32 Å². The first-order chi connectivity index (χ1) is 14.6. The van der Waals surface area contributed by atoms with Crippen molar-refractivity contribution in [2.45, 2.75) is 39.0 Å². The van der Waals surface area contributed by atoms with Crippen LogP contribution in [0.1, 0.15) is 36.6 Å². The molecule has 0 radical (unpaired) electrons. The van der Waals surface area contributed by atoms with Crippen LogP contribution in [-0.2, 0) is 24.8 Å². The van der Waals surface area contributed by atoms with Crippen LogP contribution in [0.4, 0.5) is 0 Å². The van der Waals surface area contributed by atoms with Gasteiger partial charge in [-0.2, -0.15) is 5.10 Å². The summed E-state index contributed by atoms with van der Waals surface area (Å²) in [7, 11) is 1.94. The molecule has 0 bridgehead atoms. The Labute approximate surface area is 179 Å². The van der Waals surface area contributed by atoms with E-state index in [1.54, 1.807) is 0 Å². The Kier molecular flexibility index (Phi) is 6.69. The lowest BCUT2D eigenvalue weighted by Crippen LogP contribution is -2.48. The lowest BCUT2D eigenvalue weighted by molar-refractivity contribution is -0.00808.